The van der Waals surface area contributed by atoms with Crippen LogP contribution in [0, 0.1) is 24.0 Å². The van der Waals surface area contributed by atoms with E-state index in [9.17, 15) is 10.1 Å². The molecule has 0 aliphatic carbocycles. The molecule has 10 heteroatoms. The van der Waals surface area contributed by atoms with E-state index in [4.69, 9.17) is 10.9 Å². The average Bonchev–Trinajstić information content (AvgIpc) is 2.73. The lowest BCUT2D eigenvalue weighted by molar-refractivity contribution is -0.385. The van der Waals surface area contributed by atoms with Crippen LogP contribution >= 0.6 is 15.9 Å². The third kappa shape index (κ3) is 2.57. The Morgan fingerprint density at radius 1 is 1.57 bits per heavy atom. The van der Waals surface area contributed by atoms with Crippen molar-refractivity contribution in [2.75, 3.05) is 0 Å². The third-order valence-corrected chi connectivity index (χ3v) is 4.00. The molecule has 0 fully saturated rings. The molecule has 0 bridgehead atoms. The number of aryl methyl sites for hydroxylation is 1. The van der Waals surface area contributed by atoms with E-state index in [0.717, 1.165) is 22.1 Å². The second-order valence-electron chi connectivity index (χ2n) is 4.20. The Bertz CT molecular complexity index is 755. The summed E-state index contributed by atoms with van der Waals surface area (Å²) in [6, 6.07) is 1.18. The fourth-order valence-corrected chi connectivity index (χ4v) is 2.03. The SMILES string of the molecule is Cc1nn(-c2ncc([N+](=O)[O-])cc2C(N)=NO)c(C)c1Br. The van der Waals surface area contributed by atoms with Crippen LogP contribution in [0.15, 0.2) is 21.9 Å². The summed E-state index contributed by atoms with van der Waals surface area (Å²) in [5.41, 5.74) is 6.89. The van der Waals surface area contributed by atoms with Crippen molar-refractivity contribution >= 4 is 27.5 Å². The van der Waals surface area contributed by atoms with Crippen molar-refractivity contribution in [1.82, 2.24) is 14.8 Å². The molecule has 2 rings (SSSR count). The Hall–Kier alpha value is -2.49. The van der Waals surface area contributed by atoms with Crippen LogP contribution in [0.25, 0.3) is 5.82 Å². The zero-order valence-corrected chi connectivity index (χ0v) is 12.7. The maximum atomic E-state index is 10.8. The lowest BCUT2D eigenvalue weighted by atomic mass is 10.2. The molecule has 21 heavy (non-hydrogen) atoms. The van der Waals surface area contributed by atoms with Crippen molar-refractivity contribution in [2.24, 2.45) is 10.9 Å². The predicted molar refractivity (Wildman–Crippen MR) is 77.7 cm³/mol. The van der Waals surface area contributed by atoms with Gasteiger partial charge in [0.15, 0.2) is 11.7 Å². The van der Waals surface area contributed by atoms with Crippen molar-refractivity contribution in [2.45, 2.75) is 13.8 Å². The largest absolute Gasteiger partial charge is 0.409 e. The van der Waals surface area contributed by atoms with Gasteiger partial charge >= 0.3 is 0 Å². The molecular formula is C11H11BrN6O3. The monoisotopic (exact) mass is 354 g/mol. The van der Waals surface area contributed by atoms with Gasteiger partial charge in [-0.3, -0.25) is 10.1 Å². The summed E-state index contributed by atoms with van der Waals surface area (Å²) in [5.74, 6) is -0.0490. The van der Waals surface area contributed by atoms with Gasteiger partial charge in [0.05, 0.1) is 26.3 Å². The number of nitro groups is 1. The van der Waals surface area contributed by atoms with E-state index in [-0.39, 0.29) is 22.9 Å². The zero-order chi connectivity index (χ0) is 15.7. The summed E-state index contributed by atoms with van der Waals surface area (Å²) in [7, 11) is 0. The lowest BCUT2D eigenvalue weighted by Gasteiger charge is -2.08. The van der Waals surface area contributed by atoms with E-state index in [1.165, 1.54) is 10.7 Å². The number of nitrogens with two attached hydrogens (primary N) is 1. The van der Waals surface area contributed by atoms with Crippen LogP contribution < -0.4 is 5.73 Å². The molecule has 0 radical (unpaired) electrons. The number of rotatable bonds is 3. The predicted octanol–water partition coefficient (Wildman–Crippen LogP) is 1.65. The molecule has 2 aromatic rings. The quantitative estimate of drug-likeness (QED) is 0.283. The van der Waals surface area contributed by atoms with Gasteiger partial charge in [0.1, 0.15) is 6.20 Å². The molecule has 2 heterocycles. The first-order chi connectivity index (χ1) is 9.86. The Labute approximate surface area is 127 Å². The minimum atomic E-state index is -0.609. The normalized spacial score (nSPS) is 11.7. The van der Waals surface area contributed by atoms with E-state index in [1.54, 1.807) is 13.8 Å². The highest BCUT2D eigenvalue weighted by molar-refractivity contribution is 9.10. The average molecular weight is 355 g/mol. The highest BCUT2D eigenvalue weighted by atomic mass is 79.9. The molecule has 3 N–H and O–H groups in total. The smallest absolute Gasteiger partial charge is 0.288 e. The molecule has 0 saturated heterocycles. The molecule has 0 spiro atoms. The molecule has 9 nitrogen and oxygen atoms in total. The standard InChI is InChI=1S/C11H11BrN6O3/c1-5-9(12)6(2)17(15-5)11-8(10(13)16-19)3-7(4-14-11)18(20)21/h3-4,19H,1-2H3,(H2,13,16). The summed E-state index contributed by atoms with van der Waals surface area (Å²) in [5, 5.41) is 26.8. The van der Waals surface area contributed by atoms with Crippen molar-refractivity contribution in [3.8, 4) is 5.82 Å². The third-order valence-electron chi connectivity index (χ3n) is 2.85. The van der Waals surface area contributed by atoms with Crippen molar-refractivity contribution < 1.29 is 10.1 Å². The minimum Gasteiger partial charge on any atom is -0.409 e. The first kappa shape index (κ1) is 14.9. The fraction of sp³-hybridized carbons (Fsp3) is 0.182. The first-order valence-electron chi connectivity index (χ1n) is 5.71. The molecular weight excluding hydrogens is 344 g/mol. The number of oxime groups is 1. The highest BCUT2D eigenvalue weighted by Crippen LogP contribution is 2.25. The second-order valence-corrected chi connectivity index (χ2v) is 5.00. The van der Waals surface area contributed by atoms with Crippen LogP contribution in [-0.4, -0.2) is 30.7 Å². The lowest BCUT2D eigenvalue weighted by Crippen LogP contribution is -2.18. The van der Waals surface area contributed by atoms with Gasteiger partial charge in [-0.2, -0.15) is 5.10 Å². The number of aromatic nitrogens is 3. The van der Waals surface area contributed by atoms with Gasteiger partial charge in [-0.05, 0) is 29.8 Å². The molecule has 0 unspecified atom stereocenters. The highest BCUT2D eigenvalue weighted by Gasteiger charge is 2.20. The molecule has 2 aromatic heterocycles. The summed E-state index contributed by atoms with van der Waals surface area (Å²) in [6.45, 7) is 3.59. The summed E-state index contributed by atoms with van der Waals surface area (Å²) < 4.78 is 2.25. The maximum absolute atomic E-state index is 10.8. The number of hydrogen-bond donors (Lipinski definition) is 2. The van der Waals surface area contributed by atoms with Crippen molar-refractivity contribution in [3.05, 3.63) is 43.8 Å². The van der Waals surface area contributed by atoms with Gasteiger partial charge < -0.3 is 10.9 Å². The number of amidine groups is 1. The van der Waals surface area contributed by atoms with E-state index < -0.39 is 4.92 Å². The summed E-state index contributed by atoms with van der Waals surface area (Å²) in [4.78, 5) is 14.2. The molecule has 0 aliphatic heterocycles. The van der Waals surface area contributed by atoms with Gasteiger partial charge in [-0.25, -0.2) is 9.67 Å². The summed E-state index contributed by atoms with van der Waals surface area (Å²) >= 11 is 3.38. The van der Waals surface area contributed by atoms with Gasteiger partial charge in [0, 0.05) is 6.07 Å². The fourth-order valence-electron chi connectivity index (χ4n) is 1.79. The van der Waals surface area contributed by atoms with E-state index in [2.05, 4.69) is 31.2 Å². The van der Waals surface area contributed by atoms with Crippen molar-refractivity contribution in [3.63, 3.8) is 0 Å². The van der Waals surface area contributed by atoms with Gasteiger partial charge in [-0.15, -0.1) is 0 Å². The molecule has 0 saturated carbocycles. The van der Waals surface area contributed by atoms with E-state index >= 15 is 0 Å². The van der Waals surface area contributed by atoms with Crippen molar-refractivity contribution in [1.29, 1.82) is 0 Å². The van der Waals surface area contributed by atoms with Gasteiger partial charge in [0.2, 0.25) is 0 Å². The number of pyridine rings is 1. The van der Waals surface area contributed by atoms with Crippen LogP contribution in [0.1, 0.15) is 17.0 Å². The molecule has 0 aliphatic rings. The van der Waals surface area contributed by atoms with Gasteiger partial charge in [-0.1, -0.05) is 5.16 Å². The first-order valence-corrected chi connectivity index (χ1v) is 6.50. The Kier molecular flexibility index (Phi) is 3.89. The van der Waals surface area contributed by atoms with Crippen LogP contribution in [0.5, 0.6) is 0 Å². The van der Waals surface area contributed by atoms with Crippen LogP contribution in [0.4, 0.5) is 5.69 Å². The Morgan fingerprint density at radius 3 is 2.71 bits per heavy atom. The molecule has 0 aromatic carbocycles. The van der Waals surface area contributed by atoms with Crippen LogP contribution in [0.3, 0.4) is 0 Å². The number of hydrogen-bond acceptors (Lipinski definition) is 6. The molecule has 110 valence electrons. The topological polar surface area (TPSA) is 132 Å². The van der Waals surface area contributed by atoms with E-state index in [0.29, 0.717) is 0 Å². The Balaban J connectivity index is 2.73. The van der Waals surface area contributed by atoms with Crippen LogP contribution in [0.2, 0.25) is 0 Å². The Morgan fingerprint density at radius 2 is 2.24 bits per heavy atom. The zero-order valence-electron chi connectivity index (χ0n) is 11.1. The minimum absolute atomic E-state index is 0.116. The molecule has 0 amide bonds. The summed E-state index contributed by atoms with van der Waals surface area (Å²) in [6.07, 6.45) is 1.09. The maximum Gasteiger partial charge on any atom is 0.288 e. The van der Waals surface area contributed by atoms with E-state index in [1.807, 2.05) is 0 Å². The number of nitrogens with zero attached hydrogens (tertiary/aromatic N) is 5. The van der Waals surface area contributed by atoms with Gasteiger partial charge in [0.25, 0.3) is 5.69 Å². The molecule has 0 atom stereocenters. The number of halogens is 1. The second kappa shape index (κ2) is 5.48. The van der Waals surface area contributed by atoms with Crippen LogP contribution in [-0.2, 0) is 0 Å².